The SMILES string of the molecule is COc1cccc(C2CNCC2C(=O)O)c1OC.O=C(O)C1CNCC1c1ccc(O)cc1.O=C(O)C1CNCC1c1cccc(O)c1. The number of aliphatic carboxylic acids is 3. The van der Waals surface area contributed by atoms with Gasteiger partial charge in [0.05, 0.1) is 32.0 Å². The largest absolute Gasteiger partial charge is 0.508 e. The predicted molar refractivity (Wildman–Crippen MR) is 176 cm³/mol. The molecule has 3 heterocycles. The van der Waals surface area contributed by atoms with E-state index in [0.29, 0.717) is 50.8 Å². The van der Waals surface area contributed by atoms with Gasteiger partial charge in [0.2, 0.25) is 0 Å². The van der Waals surface area contributed by atoms with E-state index < -0.39 is 29.7 Å². The lowest BCUT2D eigenvalue weighted by molar-refractivity contribution is -0.142. The maximum atomic E-state index is 11.2. The molecule has 13 heteroatoms. The molecular formula is C35H43N3O10. The van der Waals surface area contributed by atoms with E-state index in [2.05, 4.69) is 16.0 Å². The summed E-state index contributed by atoms with van der Waals surface area (Å²) in [6, 6.07) is 19.1. The normalized spacial score (nSPS) is 24.4. The summed E-state index contributed by atoms with van der Waals surface area (Å²) in [5.41, 5.74) is 2.73. The van der Waals surface area contributed by atoms with Crippen molar-refractivity contribution in [2.45, 2.75) is 17.8 Å². The highest BCUT2D eigenvalue weighted by Gasteiger charge is 2.37. The lowest BCUT2D eigenvalue weighted by Crippen LogP contribution is -2.21. The van der Waals surface area contributed by atoms with E-state index in [1.807, 2.05) is 18.2 Å². The molecule has 13 nitrogen and oxygen atoms in total. The number of benzene rings is 3. The van der Waals surface area contributed by atoms with E-state index in [-0.39, 0.29) is 35.2 Å². The molecule has 3 aliphatic heterocycles. The number of aromatic hydroxyl groups is 2. The zero-order valence-corrected chi connectivity index (χ0v) is 26.8. The van der Waals surface area contributed by atoms with Crippen molar-refractivity contribution in [3.05, 3.63) is 83.4 Å². The molecule has 48 heavy (non-hydrogen) atoms. The zero-order valence-electron chi connectivity index (χ0n) is 26.8. The smallest absolute Gasteiger partial charge is 0.308 e. The van der Waals surface area contributed by atoms with Crippen LogP contribution in [0, 0.1) is 17.8 Å². The van der Waals surface area contributed by atoms with Gasteiger partial charge in [0.15, 0.2) is 11.5 Å². The number of carboxylic acid groups (broad SMARTS) is 3. The second-order valence-corrected chi connectivity index (χ2v) is 11.9. The van der Waals surface area contributed by atoms with Crippen LogP contribution in [0.2, 0.25) is 0 Å². The second-order valence-electron chi connectivity index (χ2n) is 11.9. The molecule has 6 unspecified atom stereocenters. The molecule has 0 radical (unpaired) electrons. The number of carboxylic acids is 3. The summed E-state index contributed by atoms with van der Waals surface area (Å²) in [6.07, 6.45) is 0. The molecule has 3 saturated heterocycles. The molecular weight excluding hydrogens is 622 g/mol. The summed E-state index contributed by atoms with van der Waals surface area (Å²) < 4.78 is 10.6. The molecule has 3 aliphatic rings. The van der Waals surface area contributed by atoms with Crippen LogP contribution in [-0.4, -0.2) is 96.9 Å². The number of phenols is 2. The average Bonchev–Trinajstić information content (AvgIpc) is 3.87. The van der Waals surface area contributed by atoms with Crippen molar-refractivity contribution >= 4 is 17.9 Å². The number of ether oxygens (including phenoxy) is 2. The third kappa shape index (κ3) is 8.73. The van der Waals surface area contributed by atoms with Crippen LogP contribution in [0.25, 0.3) is 0 Å². The maximum absolute atomic E-state index is 11.2. The van der Waals surface area contributed by atoms with Crippen LogP contribution in [0.5, 0.6) is 23.0 Å². The molecule has 0 spiro atoms. The standard InChI is InChI=1S/C13H17NO4.2C11H13NO3/c1-17-11-5-3-4-8(12(11)18-2)9-6-14-7-10(9)13(15)16;13-8-3-1-7(2-4-8)9-5-12-6-10(9)11(14)15;13-8-3-1-2-7(4-8)9-5-12-6-10(9)11(14)15/h3-5,9-10,14H,6-7H2,1-2H3,(H,15,16);2*1-4,9-10,12-13H,5-6H2,(H,14,15). The number of para-hydroxylation sites is 1. The Kier molecular flexibility index (Phi) is 12.6. The highest BCUT2D eigenvalue weighted by molar-refractivity contribution is 5.73. The molecule has 3 aromatic carbocycles. The van der Waals surface area contributed by atoms with Gasteiger partial charge in [-0.3, -0.25) is 14.4 Å². The fourth-order valence-corrected chi connectivity index (χ4v) is 6.52. The molecule has 0 amide bonds. The van der Waals surface area contributed by atoms with Gasteiger partial charge in [0, 0.05) is 62.6 Å². The van der Waals surface area contributed by atoms with E-state index >= 15 is 0 Å². The zero-order chi connectivity index (χ0) is 34.8. The van der Waals surface area contributed by atoms with Crippen molar-refractivity contribution in [1.29, 1.82) is 0 Å². The third-order valence-electron chi connectivity index (χ3n) is 9.05. The van der Waals surface area contributed by atoms with Crippen LogP contribution in [0.15, 0.2) is 66.7 Å². The van der Waals surface area contributed by atoms with E-state index in [1.54, 1.807) is 62.8 Å². The fourth-order valence-electron chi connectivity index (χ4n) is 6.52. The Morgan fingerprint density at radius 2 is 1.08 bits per heavy atom. The number of nitrogens with one attached hydrogen (secondary N) is 3. The van der Waals surface area contributed by atoms with E-state index in [1.165, 1.54) is 0 Å². The van der Waals surface area contributed by atoms with E-state index in [0.717, 1.165) is 16.7 Å². The summed E-state index contributed by atoms with van der Waals surface area (Å²) in [6.45, 7) is 3.47. The summed E-state index contributed by atoms with van der Waals surface area (Å²) in [5, 5.41) is 55.0. The van der Waals surface area contributed by atoms with Crippen molar-refractivity contribution in [2.24, 2.45) is 17.8 Å². The molecule has 8 N–H and O–H groups in total. The van der Waals surface area contributed by atoms with Crippen molar-refractivity contribution < 1.29 is 49.4 Å². The van der Waals surface area contributed by atoms with Gasteiger partial charge in [-0.05, 0) is 41.5 Å². The molecule has 3 fully saturated rings. The van der Waals surface area contributed by atoms with Crippen molar-refractivity contribution in [3.8, 4) is 23.0 Å². The Bertz CT molecular complexity index is 1550. The predicted octanol–water partition coefficient (Wildman–Crippen LogP) is 2.65. The Morgan fingerprint density at radius 1 is 0.583 bits per heavy atom. The van der Waals surface area contributed by atoms with E-state index in [9.17, 15) is 24.6 Å². The van der Waals surface area contributed by atoms with Gasteiger partial charge in [-0.25, -0.2) is 0 Å². The number of rotatable bonds is 8. The molecule has 0 aliphatic carbocycles. The summed E-state index contributed by atoms with van der Waals surface area (Å²) in [5.74, 6) is -2.01. The first-order valence-corrected chi connectivity index (χ1v) is 15.6. The Labute approximate surface area is 278 Å². The third-order valence-corrected chi connectivity index (χ3v) is 9.05. The van der Waals surface area contributed by atoms with Gasteiger partial charge in [-0.15, -0.1) is 0 Å². The quantitative estimate of drug-likeness (QED) is 0.174. The molecule has 0 aromatic heterocycles. The molecule has 6 atom stereocenters. The minimum absolute atomic E-state index is 0.00287. The number of phenolic OH excluding ortho intramolecular Hbond substituents is 2. The summed E-state index contributed by atoms with van der Waals surface area (Å²) in [4.78, 5) is 33.2. The minimum atomic E-state index is -0.784. The second kappa shape index (κ2) is 16.8. The lowest BCUT2D eigenvalue weighted by atomic mass is 9.88. The topological polar surface area (TPSA) is 207 Å². The first-order valence-electron chi connectivity index (χ1n) is 15.6. The monoisotopic (exact) mass is 665 g/mol. The molecule has 258 valence electrons. The first kappa shape index (κ1) is 36.0. The van der Waals surface area contributed by atoms with Gasteiger partial charge >= 0.3 is 17.9 Å². The number of hydrogen-bond acceptors (Lipinski definition) is 10. The summed E-state index contributed by atoms with van der Waals surface area (Å²) in [7, 11) is 3.14. The number of hydrogen-bond donors (Lipinski definition) is 8. The average molecular weight is 666 g/mol. The Hall–Kier alpha value is -4.85. The first-order chi connectivity index (χ1) is 23.0. The van der Waals surface area contributed by atoms with Gasteiger partial charge < -0.3 is 51.0 Å². The Morgan fingerprint density at radius 3 is 1.58 bits per heavy atom. The van der Waals surface area contributed by atoms with Crippen molar-refractivity contribution in [2.75, 3.05) is 53.5 Å². The van der Waals surface area contributed by atoms with Crippen molar-refractivity contribution in [3.63, 3.8) is 0 Å². The van der Waals surface area contributed by atoms with Gasteiger partial charge in [-0.1, -0.05) is 36.4 Å². The lowest BCUT2D eigenvalue weighted by Gasteiger charge is -2.19. The van der Waals surface area contributed by atoms with Crippen LogP contribution in [-0.2, 0) is 14.4 Å². The molecule has 0 saturated carbocycles. The summed E-state index contributed by atoms with van der Waals surface area (Å²) >= 11 is 0. The van der Waals surface area contributed by atoms with Crippen LogP contribution in [0.3, 0.4) is 0 Å². The van der Waals surface area contributed by atoms with Crippen LogP contribution in [0.1, 0.15) is 34.4 Å². The highest BCUT2D eigenvalue weighted by Crippen LogP contribution is 2.40. The molecule has 0 bridgehead atoms. The molecule has 3 aromatic rings. The van der Waals surface area contributed by atoms with Crippen LogP contribution < -0.4 is 25.4 Å². The number of carbonyl (C=O) groups is 3. The minimum Gasteiger partial charge on any atom is -0.508 e. The van der Waals surface area contributed by atoms with E-state index in [4.69, 9.17) is 24.8 Å². The fraction of sp³-hybridized carbons (Fsp3) is 0.400. The van der Waals surface area contributed by atoms with Crippen LogP contribution in [0.4, 0.5) is 0 Å². The van der Waals surface area contributed by atoms with Gasteiger partial charge in [0.25, 0.3) is 0 Å². The molecule has 6 rings (SSSR count). The van der Waals surface area contributed by atoms with Gasteiger partial charge in [0.1, 0.15) is 11.5 Å². The van der Waals surface area contributed by atoms with Gasteiger partial charge in [-0.2, -0.15) is 0 Å². The Balaban J connectivity index is 0.000000164. The van der Waals surface area contributed by atoms with Crippen LogP contribution >= 0.6 is 0 Å². The maximum Gasteiger partial charge on any atom is 0.308 e. The number of methoxy groups -OCH3 is 2. The van der Waals surface area contributed by atoms with Crippen molar-refractivity contribution in [1.82, 2.24) is 16.0 Å². The highest BCUT2D eigenvalue weighted by atomic mass is 16.5.